The number of hydrogen-bond acceptors (Lipinski definition) is 5. The molecular weight excluding hydrogens is 204 g/mol. The van der Waals surface area contributed by atoms with E-state index in [0.717, 1.165) is 17.3 Å². The molecule has 3 nitrogen and oxygen atoms in total. The van der Waals surface area contributed by atoms with E-state index in [9.17, 15) is 4.79 Å². The standard InChI is InChI=1S/C8H10N2OS2/c1-2-12-8(11)6(5-9)7-10-3-4-13-7/h10H,2-4H2,1H3/b7-6-. The molecule has 1 heterocycles. The van der Waals surface area contributed by atoms with Crippen LogP contribution in [0.5, 0.6) is 0 Å². The predicted molar refractivity (Wildman–Crippen MR) is 56.2 cm³/mol. The summed E-state index contributed by atoms with van der Waals surface area (Å²) in [6.45, 7) is 2.74. The van der Waals surface area contributed by atoms with Crippen LogP contribution in [-0.4, -0.2) is 23.2 Å². The van der Waals surface area contributed by atoms with E-state index in [1.807, 2.05) is 13.0 Å². The summed E-state index contributed by atoms with van der Waals surface area (Å²) < 4.78 is 0. The Morgan fingerprint density at radius 2 is 2.62 bits per heavy atom. The number of thioether (sulfide) groups is 2. The van der Waals surface area contributed by atoms with Gasteiger partial charge in [-0.2, -0.15) is 5.26 Å². The monoisotopic (exact) mass is 214 g/mol. The van der Waals surface area contributed by atoms with E-state index >= 15 is 0 Å². The zero-order chi connectivity index (χ0) is 9.68. The molecule has 1 saturated heterocycles. The third kappa shape index (κ3) is 2.68. The van der Waals surface area contributed by atoms with E-state index in [0.29, 0.717) is 5.75 Å². The van der Waals surface area contributed by atoms with Crippen molar-refractivity contribution in [3.05, 3.63) is 10.6 Å². The van der Waals surface area contributed by atoms with Crippen LogP contribution in [0.1, 0.15) is 6.92 Å². The Bertz CT molecular complexity index is 272. The molecule has 0 aromatic carbocycles. The van der Waals surface area contributed by atoms with Gasteiger partial charge in [-0.3, -0.25) is 4.79 Å². The van der Waals surface area contributed by atoms with Crippen molar-refractivity contribution < 1.29 is 4.79 Å². The van der Waals surface area contributed by atoms with Crippen molar-refractivity contribution in [1.82, 2.24) is 5.32 Å². The van der Waals surface area contributed by atoms with Crippen molar-refractivity contribution in [1.29, 1.82) is 5.26 Å². The normalized spacial score (nSPS) is 19.1. The molecule has 1 rings (SSSR count). The van der Waals surface area contributed by atoms with Crippen molar-refractivity contribution in [2.45, 2.75) is 6.92 Å². The molecule has 0 unspecified atom stereocenters. The molecule has 1 N–H and O–H groups in total. The van der Waals surface area contributed by atoms with Gasteiger partial charge in [-0.05, 0) is 5.75 Å². The SMILES string of the molecule is CCSC(=O)/C(C#N)=C1/NCCS1. The molecule has 0 bridgehead atoms. The fourth-order valence-corrected chi connectivity index (χ4v) is 2.44. The van der Waals surface area contributed by atoms with Gasteiger partial charge in [0, 0.05) is 12.3 Å². The number of nitrogens with zero attached hydrogens (tertiary/aromatic N) is 1. The average molecular weight is 214 g/mol. The second-order valence-electron chi connectivity index (χ2n) is 2.31. The van der Waals surface area contributed by atoms with Gasteiger partial charge >= 0.3 is 0 Å². The molecule has 13 heavy (non-hydrogen) atoms. The van der Waals surface area contributed by atoms with Crippen LogP contribution in [0.4, 0.5) is 0 Å². The zero-order valence-corrected chi connectivity index (χ0v) is 8.93. The smallest absolute Gasteiger partial charge is 0.232 e. The van der Waals surface area contributed by atoms with E-state index < -0.39 is 0 Å². The third-order valence-electron chi connectivity index (χ3n) is 1.45. The van der Waals surface area contributed by atoms with Crippen LogP contribution in [-0.2, 0) is 4.79 Å². The molecule has 70 valence electrons. The Kier molecular flexibility index (Phi) is 4.19. The van der Waals surface area contributed by atoms with Gasteiger partial charge in [0.15, 0.2) is 0 Å². The number of nitriles is 1. The van der Waals surface area contributed by atoms with Gasteiger partial charge in [-0.25, -0.2) is 0 Å². The summed E-state index contributed by atoms with van der Waals surface area (Å²) >= 11 is 2.72. The van der Waals surface area contributed by atoms with Crippen LogP contribution >= 0.6 is 23.5 Å². The van der Waals surface area contributed by atoms with Crippen LogP contribution in [0.25, 0.3) is 0 Å². The first-order chi connectivity index (χ1) is 6.29. The van der Waals surface area contributed by atoms with E-state index in [4.69, 9.17) is 5.26 Å². The van der Waals surface area contributed by atoms with Crippen molar-refractivity contribution in [2.75, 3.05) is 18.1 Å². The van der Waals surface area contributed by atoms with E-state index in [2.05, 4.69) is 5.32 Å². The van der Waals surface area contributed by atoms with E-state index in [-0.39, 0.29) is 10.7 Å². The second kappa shape index (κ2) is 5.20. The highest BCUT2D eigenvalue weighted by Crippen LogP contribution is 2.24. The van der Waals surface area contributed by atoms with E-state index in [1.165, 1.54) is 11.8 Å². The van der Waals surface area contributed by atoms with Crippen LogP contribution in [0.15, 0.2) is 10.6 Å². The van der Waals surface area contributed by atoms with Gasteiger partial charge in [0.25, 0.3) is 0 Å². The Morgan fingerprint density at radius 1 is 1.85 bits per heavy atom. The second-order valence-corrected chi connectivity index (χ2v) is 4.65. The molecule has 0 aliphatic carbocycles. The first-order valence-electron chi connectivity index (χ1n) is 3.97. The lowest BCUT2D eigenvalue weighted by atomic mass is 10.3. The molecule has 1 aliphatic rings. The average Bonchev–Trinajstić information content (AvgIpc) is 2.59. The highest BCUT2D eigenvalue weighted by Gasteiger charge is 2.18. The summed E-state index contributed by atoms with van der Waals surface area (Å²) in [6, 6.07) is 1.95. The quantitative estimate of drug-likeness (QED) is 0.555. The van der Waals surface area contributed by atoms with Gasteiger partial charge in [-0.1, -0.05) is 18.7 Å². The Morgan fingerprint density at radius 3 is 3.08 bits per heavy atom. The lowest BCUT2D eigenvalue weighted by Crippen LogP contribution is -2.09. The maximum Gasteiger partial charge on any atom is 0.232 e. The number of hydrogen-bond donors (Lipinski definition) is 1. The summed E-state index contributed by atoms with van der Waals surface area (Å²) in [5.41, 5.74) is 0.273. The predicted octanol–water partition coefficient (Wildman–Crippen LogP) is 1.34. The molecule has 0 atom stereocenters. The minimum absolute atomic E-state index is 0.123. The van der Waals surface area contributed by atoms with Gasteiger partial charge in [0.1, 0.15) is 11.6 Å². The third-order valence-corrected chi connectivity index (χ3v) is 3.25. The molecule has 0 amide bonds. The number of carbonyl (C=O) groups excluding carboxylic acids is 1. The van der Waals surface area contributed by atoms with Gasteiger partial charge < -0.3 is 5.32 Å². The summed E-state index contributed by atoms with van der Waals surface area (Å²) in [5, 5.41) is 12.4. The van der Waals surface area contributed by atoms with E-state index in [1.54, 1.807) is 11.8 Å². The number of carbonyl (C=O) groups is 1. The highest BCUT2D eigenvalue weighted by atomic mass is 32.2. The number of nitrogens with one attached hydrogen (secondary N) is 1. The summed E-state index contributed by atoms with van der Waals surface area (Å²) in [6.07, 6.45) is 0. The molecule has 0 spiro atoms. The maximum atomic E-state index is 11.4. The summed E-state index contributed by atoms with van der Waals surface area (Å²) in [7, 11) is 0. The summed E-state index contributed by atoms with van der Waals surface area (Å²) in [5.74, 6) is 1.65. The largest absolute Gasteiger partial charge is 0.378 e. The van der Waals surface area contributed by atoms with Crippen LogP contribution < -0.4 is 5.32 Å². The zero-order valence-electron chi connectivity index (χ0n) is 7.29. The molecule has 5 heteroatoms. The molecule has 0 radical (unpaired) electrons. The Balaban J connectivity index is 2.77. The lowest BCUT2D eigenvalue weighted by molar-refractivity contribution is -0.107. The topological polar surface area (TPSA) is 52.9 Å². The fraction of sp³-hybridized carbons (Fsp3) is 0.500. The molecular formula is C8H10N2OS2. The molecule has 0 aromatic heterocycles. The van der Waals surface area contributed by atoms with Crippen LogP contribution in [0.2, 0.25) is 0 Å². The highest BCUT2D eigenvalue weighted by molar-refractivity contribution is 8.14. The Labute approximate surface area is 85.9 Å². The lowest BCUT2D eigenvalue weighted by Gasteiger charge is -2.00. The molecule has 0 saturated carbocycles. The van der Waals surface area contributed by atoms with Gasteiger partial charge in [0.2, 0.25) is 5.12 Å². The molecule has 1 fully saturated rings. The first kappa shape index (κ1) is 10.5. The molecule has 1 aliphatic heterocycles. The van der Waals surface area contributed by atoms with Crippen molar-refractivity contribution in [3.63, 3.8) is 0 Å². The van der Waals surface area contributed by atoms with Gasteiger partial charge in [-0.15, -0.1) is 11.8 Å². The van der Waals surface area contributed by atoms with Crippen molar-refractivity contribution in [2.24, 2.45) is 0 Å². The summed E-state index contributed by atoms with van der Waals surface area (Å²) in [4.78, 5) is 11.4. The fourth-order valence-electron chi connectivity index (χ4n) is 0.922. The van der Waals surface area contributed by atoms with Crippen LogP contribution in [0, 0.1) is 11.3 Å². The van der Waals surface area contributed by atoms with Crippen molar-refractivity contribution in [3.8, 4) is 6.07 Å². The minimum Gasteiger partial charge on any atom is -0.378 e. The van der Waals surface area contributed by atoms with Gasteiger partial charge in [0.05, 0.1) is 5.03 Å². The molecule has 0 aromatic rings. The van der Waals surface area contributed by atoms with Crippen LogP contribution in [0.3, 0.4) is 0 Å². The minimum atomic E-state index is -0.123. The number of rotatable bonds is 2. The first-order valence-corrected chi connectivity index (χ1v) is 5.95. The van der Waals surface area contributed by atoms with Crippen molar-refractivity contribution >= 4 is 28.6 Å². The Hall–Kier alpha value is -0.600. The maximum absolute atomic E-state index is 11.4.